The first-order valence-electron chi connectivity index (χ1n) is 11.0. The van der Waals surface area contributed by atoms with Gasteiger partial charge in [-0.25, -0.2) is 4.68 Å². The predicted molar refractivity (Wildman–Crippen MR) is 149 cm³/mol. The number of thiocarbonyl (C=S) groups is 1. The topological polar surface area (TPSA) is 98.7 Å². The van der Waals surface area contributed by atoms with Crippen molar-refractivity contribution in [3.8, 4) is 22.9 Å². The second-order valence-corrected chi connectivity index (χ2v) is 8.47. The number of benzene rings is 3. The quantitative estimate of drug-likeness (QED) is 0.249. The number of rotatable bonds is 8. The maximum absolute atomic E-state index is 13.0. The van der Waals surface area contributed by atoms with Gasteiger partial charge in [0.1, 0.15) is 0 Å². The summed E-state index contributed by atoms with van der Waals surface area (Å²) in [5, 5.41) is 14.3. The van der Waals surface area contributed by atoms with Crippen molar-refractivity contribution in [1.82, 2.24) is 9.78 Å². The molecule has 0 bridgehead atoms. The van der Waals surface area contributed by atoms with E-state index < -0.39 is 0 Å². The Hall–Kier alpha value is -4.28. The monoisotopic (exact) mass is 537 g/mol. The minimum atomic E-state index is -0.313. The lowest BCUT2D eigenvalue weighted by Gasteiger charge is -2.14. The molecule has 0 aliphatic heterocycles. The van der Waals surface area contributed by atoms with Crippen LogP contribution in [0.15, 0.2) is 73.1 Å². The van der Waals surface area contributed by atoms with Gasteiger partial charge in [0.25, 0.3) is 5.91 Å². The zero-order chi connectivity index (χ0) is 26.4. The van der Waals surface area contributed by atoms with Crippen LogP contribution in [-0.4, -0.2) is 42.1 Å². The summed E-state index contributed by atoms with van der Waals surface area (Å²) in [5.41, 5.74) is 2.98. The molecule has 9 nitrogen and oxygen atoms in total. The highest BCUT2D eigenvalue weighted by Gasteiger charge is 2.16. The van der Waals surface area contributed by atoms with Crippen molar-refractivity contribution in [3.05, 3.63) is 83.6 Å². The van der Waals surface area contributed by atoms with Crippen LogP contribution in [-0.2, 0) is 0 Å². The number of anilines is 3. The number of ether oxygens (including phenoxy) is 3. The minimum Gasteiger partial charge on any atom is -0.493 e. The molecular weight excluding hydrogens is 514 g/mol. The van der Waals surface area contributed by atoms with Gasteiger partial charge in [-0.15, -0.1) is 0 Å². The van der Waals surface area contributed by atoms with Gasteiger partial charge in [-0.1, -0.05) is 29.8 Å². The van der Waals surface area contributed by atoms with Crippen LogP contribution in [0.2, 0.25) is 5.02 Å². The van der Waals surface area contributed by atoms with Crippen LogP contribution in [0.3, 0.4) is 0 Å². The summed E-state index contributed by atoms with van der Waals surface area (Å²) >= 11 is 11.5. The highest BCUT2D eigenvalue weighted by molar-refractivity contribution is 7.80. The Morgan fingerprint density at radius 1 is 0.892 bits per heavy atom. The highest BCUT2D eigenvalue weighted by Crippen LogP contribution is 2.40. The van der Waals surface area contributed by atoms with Gasteiger partial charge >= 0.3 is 0 Å². The first-order valence-corrected chi connectivity index (χ1v) is 11.8. The van der Waals surface area contributed by atoms with E-state index in [1.165, 1.54) is 21.3 Å². The number of halogens is 1. The Morgan fingerprint density at radius 3 is 2.30 bits per heavy atom. The number of carbonyl (C=O) groups excluding carboxylic acids is 1. The summed E-state index contributed by atoms with van der Waals surface area (Å²) in [5.74, 6) is 0.996. The number of carbonyl (C=O) groups is 1. The number of hydrogen-bond acceptors (Lipinski definition) is 6. The maximum atomic E-state index is 13.0. The lowest BCUT2D eigenvalue weighted by atomic mass is 10.1. The van der Waals surface area contributed by atoms with Gasteiger partial charge in [-0.3, -0.25) is 4.79 Å². The maximum Gasteiger partial charge on any atom is 0.255 e. The zero-order valence-electron chi connectivity index (χ0n) is 20.2. The molecule has 0 aliphatic carbocycles. The zero-order valence-corrected chi connectivity index (χ0v) is 21.8. The van der Waals surface area contributed by atoms with E-state index in [0.717, 1.165) is 0 Å². The third-order valence-corrected chi connectivity index (χ3v) is 5.79. The molecule has 0 atom stereocenters. The van der Waals surface area contributed by atoms with Crippen LogP contribution in [0, 0.1) is 0 Å². The summed E-state index contributed by atoms with van der Waals surface area (Å²) in [7, 11) is 4.54. The van der Waals surface area contributed by atoms with E-state index in [1.807, 2.05) is 24.3 Å². The van der Waals surface area contributed by atoms with Gasteiger partial charge in [0.05, 0.1) is 55.8 Å². The lowest BCUT2D eigenvalue weighted by Crippen LogP contribution is -2.18. The molecule has 0 aliphatic rings. The van der Waals surface area contributed by atoms with Crippen molar-refractivity contribution in [1.29, 1.82) is 0 Å². The fourth-order valence-electron chi connectivity index (χ4n) is 3.52. The molecular formula is C26H24ClN5O4S. The molecule has 4 rings (SSSR count). The van der Waals surface area contributed by atoms with E-state index in [2.05, 4.69) is 21.0 Å². The molecule has 0 saturated carbocycles. The molecule has 1 aromatic heterocycles. The van der Waals surface area contributed by atoms with Crippen LogP contribution in [0.5, 0.6) is 17.2 Å². The molecule has 37 heavy (non-hydrogen) atoms. The largest absolute Gasteiger partial charge is 0.493 e. The van der Waals surface area contributed by atoms with E-state index in [0.29, 0.717) is 55.7 Å². The first kappa shape index (κ1) is 25.8. The Balaban J connectivity index is 1.47. The molecule has 0 unspecified atom stereocenters. The van der Waals surface area contributed by atoms with E-state index in [9.17, 15) is 4.79 Å². The molecule has 0 spiro atoms. The summed E-state index contributed by atoms with van der Waals surface area (Å²) < 4.78 is 17.7. The summed E-state index contributed by atoms with van der Waals surface area (Å²) in [4.78, 5) is 13.0. The smallest absolute Gasteiger partial charge is 0.255 e. The molecule has 4 aromatic rings. The van der Waals surface area contributed by atoms with Crippen molar-refractivity contribution in [2.24, 2.45) is 0 Å². The Morgan fingerprint density at radius 2 is 1.62 bits per heavy atom. The molecule has 0 saturated heterocycles. The van der Waals surface area contributed by atoms with Crippen molar-refractivity contribution in [2.45, 2.75) is 0 Å². The van der Waals surface area contributed by atoms with Crippen molar-refractivity contribution in [3.63, 3.8) is 0 Å². The normalized spacial score (nSPS) is 10.4. The number of amides is 1. The number of methoxy groups -OCH3 is 3. The van der Waals surface area contributed by atoms with Crippen LogP contribution < -0.4 is 30.2 Å². The minimum absolute atomic E-state index is 0.313. The second kappa shape index (κ2) is 11.6. The number of para-hydroxylation sites is 1. The molecule has 11 heteroatoms. The van der Waals surface area contributed by atoms with Crippen LogP contribution in [0.1, 0.15) is 10.4 Å². The fraction of sp³-hybridized carbons (Fsp3) is 0.115. The molecule has 0 radical (unpaired) electrons. The molecule has 3 aromatic carbocycles. The Kier molecular flexibility index (Phi) is 8.11. The van der Waals surface area contributed by atoms with Crippen LogP contribution in [0.4, 0.5) is 17.1 Å². The SMILES string of the molecule is COc1cc(NC(=O)c2cccc(-n3cc(NC(=S)Nc4ccccc4Cl)cn3)c2)cc(OC)c1OC. The van der Waals surface area contributed by atoms with Crippen molar-refractivity contribution in [2.75, 3.05) is 37.3 Å². The molecule has 1 heterocycles. The summed E-state index contributed by atoms with van der Waals surface area (Å²) in [6.07, 6.45) is 3.39. The van der Waals surface area contributed by atoms with Crippen LogP contribution >= 0.6 is 23.8 Å². The van der Waals surface area contributed by atoms with E-state index in [-0.39, 0.29) is 5.91 Å². The number of hydrogen-bond donors (Lipinski definition) is 3. The molecule has 1 amide bonds. The second-order valence-electron chi connectivity index (χ2n) is 7.65. The highest BCUT2D eigenvalue weighted by atomic mass is 35.5. The predicted octanol–water partition coefficient (Wildman–Crippen LogP) is 5.61. The standard InChI is InChI=1S/C26H24ClN5O4S/c1-34-22-12-17(13-23(35-2)24(22)36-3)29-25(33)16-7-6-8-19(11-16)32-15-18(14-28-32)30-26(37)31-21-10-5-4-9-20(21)27/h4-15H,1-3H3,(H,29,33)(H2,30,31,37). The summed E-state index contributed by atoms with van der Waals surface area (Å²) in [6, 6.07) is 17.7. The van der Waals surface area contributed by atoms with Gasteiger partial charge in [-0.2, -0.15) is 5.10 Å². The van der Waals surface area contributed by atoms with Gasteiger partial charge < -0.3 is 30.2 Å². The average Bonchev–Trinajstić information content (AvgIpc) is 3.37. The summed E-state index contributed by atoms with van der Waals surface area (Å²) in [6.45, 7) is 0. The average molecular weight is 538 g/mol. The third kappa shape index (κ3) is 6.11. The van der Waals surface area contributed by atoms with Crippen molar-refractivity contribution < 1.29 is 19.0 Å². The lowest BCUT2D eigenvalue weighted by molar-refractivity contribution is 0.102. The van der Waals surface area contributed by atoms with Gasteiger partial charge in [0.15, 0.2) is 16.6 Å². The van der Waals surface area contributed by atoms with Gasteiger partial charge in [0.2, 0.25) is 5.75 Å². The van der Waals surface area contributed by atoms with Gasteiger partial charge in [-0.05, 0) is 42.5 Å². The number of nitrogens with one attached hydrogen (secondary N) is 3. The fourth-order valence-corrected chi connectivity index (χ4v) is 3.93. The van der Waals surface area contributed by atoms with Crippen molar-refractivity contribution >= 4 is 51.9 Å². The number of aromatic nitrogens is 2. The Labute approximate surface area is 224 Å². The van der Waals surface area contributed by atoms with Gasteiger partial charge in [0, 0.05) is 23.4 Å². The first-order chi connectivity index (χ1) is 17.9. The molecule has 3 N–H and O–H groups in total. The van der Waals surface area contributed by atoms with E-state index in [1.54, 1.807) is 53.5 Å². The molecule has 190 valence electrons. The van der Waals surface area contributed by atoms with Crippen LogP contribution in [0.25, 0.3) is 5.69 Å². The molecule has 0 fully saturated rings. The Bertz CT molecular complexity index is 1420. The number of nitrogens with zero attached hydrogens (tertiary/aromatic N) is 2. The third-order valence-electron chi connectivity index (χ3n) is 5.26. The van der Waals surface area contributed by atoms with E-state index >= 15 is 0 Å². The van der Waals surface area contributed by atoms with E-state index in [4.69, 9.17) is 38.0 Å².